The van der Waals surface area contributed by atoms with Gasteiger partial charge >= 0.3 is 5.97 Å². The Morgan fingerprint density at radius 1 is 1.22 bits per heavy atom. The van der Waals surface area contributed by atoms with Gasteiger partial charge in [0, 0.05) is 5.41 Å². The maximum atomic E-state index is 13.7. The summed E-state index contributed by atoms with van der Waals surface area (Å²) in [4.78, 5) is 12.1. The average Bonchev–Trinajstić information content (AvgIpc) is 3.48. The van der Waals surface area contributed by atoms with Gasteiger partial charge in [-0.2, -0.15) is 0 Å². The van der Waals surface area contributed by atoms with Gasteiger partial charge in [-0.25, -0.2) is 4.79 Å². The Balaban J connectivity index is 1.40. The van der Waals surface area contributed by atoms with Gasteiger partial charge in [-0.3, -0.25) is 0 Å². The highest BCUT2D eigenvalue weighted by molar-refractivity contribution is 5.93. The third-order valence-electron chi connectivity index (χ3n) is 9.05. The van der Waals surface area contributed by atoms with Crippen LogP contribution < -0.4 is 5.11 Å². The predicted octanol–water partition coefficient (Wildman–Crippen LogP) is -0.558. The van der Waals surface area contributed by atoms with E-state index in [0.717, 1.165) is 5.57 Å². The molecule has 7 rings (SSSR count). The number of carbonyl (C=O) groups excluding carboxylic acids is 1. The fourth-order valence-corrected chi connectivity index (χ4v) is 7.76. The number of aliphatic hydroxyl groups excluding tert-OH is 1. The average molecular weight is 375 g/mol. The zero-order valence-electron chi connectivity index (χ0n) is 15.6. The number of cyclic esters (lactones) is 1. The van der Waals surface area contributed by atoms with Gasteiger partial charge in [0.05, 0.1) is 23.4 Å². The van der Waals surface area contributed by atoms with E-state index < -0.39 is 40.4 Å². The molecule has 10 atom stereocenters. The number of carbonyl (C=O) groups is 1. The van der Waals surface area contributed by atoms with Gasteiger partial charge < -0.3 is 29.2 Å². The lowest BCUT2D eigenvalue weighted by molar-refractivity contribution is -0.459. The number of rotatable bonds is 1. The second kappa shape index (κ2) is 4.00. The van der Waals surface area contributed by atoms with Crippen molar-refractivity contribution in [3.8, 4) is 0 Å². The Morgan fingerprint density at radius 2 is 2.00 bits per heavy atom. The molecule has 3 aliphatic carbocycles. The van der Waals surface area contributed by atoms with Gasteiger partial charge in [0.15, 0.2) is 0 Å². The lowest BCUT2D eigenvalue weighted by Gasteiger charge is -2.56. The van der Waals surface area contributed by atoms with E-state index in [-0.39, 0.29) is 36.8 Å². The molecule has 2 spiro atoms. The molecule has 4 aliphatic heterocycles. The van der Waals surface area contributed by atoms with E-state index in [2.05, 4.69) is 6.92 Å². The number of ether oxygens (including phenoxy) is 4. The smallest absolute Gasteiger partial charge is 0.337 e. The van der Waals surface area contributed by atoms with Crippen molar-refractivity contribution in [2.75, 3.05) is 6.61 Å². The number of hydrogen-bond acceptors (Lipinski definition) is 7. The minimum Gasteiger partial charge on any atom is -0.848 e. The second-order valence-corrected chi connectivity index (χ2v) is 10.0. The van der Waals surface area contributed by atoms with Crippen molar-refractivity contribution in [3.05, 3.63) is 11.1 Å². The minimum absolute atomic E-state index is 0.0190. The first-order valence-corrected chi connectivity index (χ1v) is 10.0. The topological polar surface area (TPSA) is 107 Å². The van der Waals surface area contributed by atoms with Crippen LogP contribution in [0.25, 0.3) is 0 Å². The number of esters is 1. The molecule has 3 saturated heterocycles. The van der Waals surface area contributed by atoms with E-state index in [1.807, 2.05) is 13.8 Å². The summed E-state index contributed by atoms with van der Waals surface area (Å²) in [6, 6.07) is 0. The van der Waals surface area contributed by atoms with E-state index in [1.165, 1.54) is 0 Å². The Labute approximate surface area is 156 Å². The molecule has 7 nitrogen and oxygen atoms in total. The van der Waals surface area contributed by atoms with Crippen LogP contribution in [0.3, 0.4) is 0 Å². The zero-order valence-corrected chi connectivity index (χ0v) is 15.6. The normalized spacial score (nSPS) is 64.0. The summed E-state index contributed by atoms with van der Waals surface area (Å²) < 4.78 is 23.9. The molecule has 0 radical (unpaired) electrons. The zero-order chi connectivity index (χ0) is 18.7. The minimum atomic E-state index is -0.995. The molecule has 0 bridgehead atoms. The molecular weight excluding hydrogens is 352 g/mol. The van der Waals surface area contributed by atoms with Crippen LogP contribution in [0, 0.1) is 17.3 Å². The molecular formula is C20H23O7-. The predicted molar refractivity (Wildman–Crippen MR) is 86.3 cm³/mol. The van der Waals surface area contributed by atoms with Crippen molar-refractivity contribution in [1.29, 1.82) is 0 Å². The van der Waals surface area contributed by atoms with Crippen LogP contribution in [0.4, 0.5) is 0 Å². The second-order valence-electron chi connectivity index (χ2n) is 10.0. The van der Waals surface area contributed by atoms with E-state index in [4.69, 9.17) is 18.9 Å². The first-order chi connectivity index (χ1) is 12.8. The molecule has 4 heterocycles. The molecule has 27 heavy (non-hydrogen) atoms. The van der Waals surface area contributed by atoms with E-state index in [1.54, 1.807) is 0 Å². The number of aliphatic hydroxyl groups is 1. The van der Waals surface area contributed by atoms with Crippen LogP contribution in [-0.2, 0) is 23.7 Å². The fourth-order valence-electron chi connectivity index (χ4n) is 7.76. The molecule has 2 saturated carbocycles. The van der Waals surface area contributed by atoms with Crippen molar-refractivity contribution in [2.45, 2.75) is 80.9 Å². The Bertz CT molecular complexity index is 851. The number of hydrogen-bond donors (Lipinski definition) is 1. The van der Waals surface area contributed by atoms with Crippen LogP contribution in [0.1, 0.15) is 33.6 Å². The highest BCUT2D eigenvalue weighted by atomic mass is 16.7. The van der Waals surface area contributed by atoms with Gasteiger partial charge in [-0.15, -0.1) is 0 Å². The SMILES string of the molecule is CC(C)[C@]12O[C@H]1[C@@H]1O[C@]13[C@]1(O[C@H]1CC1C4=C(C(=O)OC4)[C@@H](O)C[C@@]13C)[C@@H]2[O-]. The third-order valence-corrected chi connectivity index (χ3v) is 9.05. The highest BCUT2D eigenvalue weighted by Gasteiger charge is 2.98. The lowest BCUT2D eigenvalue weighted by Crippen LogP contribution is -2.73. The monoisotopic (exact) mass is 375 g/mol. The van der Waals surface area contributed by atoms with Crippen LogP contribution in [0.5, 0.6) is 0 Å². The van der Waals surface area contributed by atoms with E-state index in [9.17, 15) is 15.0 Å². The molecule has 1 unspecified atom stereocenters. The van der Waals surface area contributed by atoms with E-state index >= 15 is 0 Å². The Kier molecular flexibility index (Phi) is 2.35. The fraction of sp³-hybridized carbons (Fsp3) is 0.850. The van der Waals surface area contributed by atoms with Crippen molar-refractivity contribution in [3.63, 3.8) is 0 Å². The molecule has 0 aromatic carbocycles. The molecule has 7 aliphatic rings. The maximum absolute atomic E-state index is 13.7. The molecule has 0 amide bonds. The summed E-state index contributed by atoms with van der Waals surface area (Å²) in [7, 11) is 0. The van der Waals surface area contributed by atoms with Crippen LogP contribution in [-0.4, -0.2) is 65.0 Å². The quantitative estimate of drug-likeness (QED) is 0.484. The van der Waals surface area contributed by atoms with Gasteiger partial charge in [0.25, 0.3) is 0 Å². The molecule has 1 N–H and O–H groups in total. The summed E-state index contributed by atoms with van der Waals surface area (Å²) in [6.45, 7) is 6.39. The highest BCUT2D eigenvalue weighted by Crippen LogP contribution is 2.82. The van der Waals surface area contributed by atoms with Crippen molar-refractivity contribution < 1.29 is 34.0 Å². The van der Waals surface area contributed by atoms with Crippen molar-refractivity contribution in [1.82, 2.24) is 0 Å². The van der Waals surface area contributed by atoms with Gasteiger partial charge in [0.1, 0.15) is 30.0 Å². The molecule has 7 heteroatoms. The van der Waals surface area contributed by atoms with Gasteiger partial charge in [-0.05, 0) is 30.3 Å². The maximum Gasteiger partial charge on any atom is 0.337 e. The Morgan fingerprint density at radius 3 is 2.74 bits per heavy atom. The van der Waals surface area contributed by atoms with Crippen LogP contribution in [0.2, 0.25) is 0 Å². The summed E-state index contributed by atoms with van der Waals surface area (Å²) in [5.41, 5.74) is -1.48. The summed E-state index contributed by atoms with van der Waals surface area (Å²) in [5, 5.41) is 24.5. The summed E-state index contributed by atoms with van der Waals surface area (Å²) in [5.74, 6) is -0.289. The molecule has 0 aromatic heterocycles. The summed E-state index contributed by atoms with van der Waals surface area (Å²) in [6.07, 6.45) is -1.36. The molecule has 5 fully saturated rings. The first kappa shape index (κ1) is 15.9. The van der Waals surface area contributed by atoms with Crippen molar-refractivity contribution >= 4 is 5.97 Å². The Hall–Kier alpha value is -0.990. The van der Waals surface area contributed by atoms with E-state index in [0.29, 0.717) is 18.4 Å². The molecule has 0 aromatic rings. The number of epoxide rings is 3. The van der Waals surface area contributed by atoms with Gasteiger partial charge in [0.2, 0.25) is 0 Å². The van der Waals surface area contributed by atoms with Crippen LogP contribution in [0.15, 0.2) is 11.1 Å². The molecule has 146 valence electrons. The lowest BCUT2D eigenvalue weighted by atomic mass is 9.46. The van der Waals surface area contributed by atoms with Gasteiger partial charge in [-0.1, -0.05) is 26.9 Å². The first-order valence-electron chi connectivity index (χ1n) is 10.0. The van der Waals surface area contributed by atoms with Crippen molar-refractivity contribution in [2.24, 2.45) is 17.3 Å². The summed E-state index contributed by atoms with van der Waals surface area (Å²) >= 11 is 0. The largest absolute Gasteiger partial charge is 0.848 e. The number of fused-ring (bicyclic) bond motifs is 4. The van der Waals surface area contributed by atoms with Crippen LogP contribution >= 0.6 is 0 Å². The standard InChI is InChI=1S/C20H23O7/c1-7(2)18-13(26-18)14-20(27-14)17(3)5-10(21)12-8(6-24-15(12)22)9(17)4-11-19(20,25-11)16(18)23/h7,9-11,13-14,16,21H,4-6H2,1-3H3/q-1/t9?,10-,11-,13-,14-,16+,17-,18-,19+,20+/m0/s1. The third kappa shape index (κ3) is 1.27.